The maximum atomic E-state index is 13.6. The van der Waals surface area contributed by atoms with Gasteiger partial charge >= 0.3 is 0 Å². The van der Waals surface area contributed by atoms with E-state index in [0.717, 1.165) is 34.5 Å². The third kappa shape index (κ3) is 8.12. The number of hydrogen-bond acceptors (Lipinski definition) is 4. The van der Waals surface area contributed by atoms with Crippen LogP contribution < -0.4 is 9.62 Å². The number of benzene rings is 2. The minimum absolute atomic E-state index is 0.0580. The van der Waals surface area contributed by atoms with Crippen LogP contribution in [0.2, 0.25) is 10.0 Å². The van der Waals surface area contributed by atoms with Crippen molar-refractivity contribution in [1.29, 1.82) is 0 Å². The first-order valence-electron chi connectivity index (χ1n) is 11.4. The molecule has 0 aliphatic heterocycles. The second kappa shape index (κ2) is 12.6. The Kier molecular flexibility index (Phi) is 10.4. The lowest BCUT2D eigenvalue weighted by atomic mass is 10.1. The summed E-state index contributed by atoms with van der Waals surface area (Å²) in [5.41, 5.74) is 2.67. The van der Waals surface area contributed by atoms with Gasteiger partial charge in [-0.2, -0.15) is 0 Å². The number of sulfonamides is 1. The fourth-order valence-corrected chi connectivity index (χ4v) is 4.76. The van der Waals surface area contributed by atoms with Gasteiger partial charge in [0.2, 0.25) is 21.8 Å². The molecule has 0 bridgehead atoms. The Morgan fingerprint density at radius 3 is 2.34 bits per heavy atom. The second-order valence-electron chi connectivity index (χ2n) is 8.65. The summed E-state index contributed by atoms with van der Waals surface area (Å²) >= 11 is 12.2. The van der Waals surface area contributed by atoms with E-state index in [0.29, 0.717) is 27.8 Å². The molecule has 0 radical (unpaired) electrons. The summed E-state index contributed by atoms with van der Waals surface area (Å²) in [4.78, 5) is 27.8. The SMILES string of the molecule is CCCCNC(=O)[C@H](C)N(Cc1ccc(Cl)c(Cl)c1)C(=O)CN(c1cc(C)ccc1C)S(C)(=O)=O. The van der Waals surface area contributed by atoms with E-state index in [1.165, 1.54) is 4.90 Å². The van der Waals surface area contributed by atoms with Gasteiger partial charge in [0.1, 0.15) is 12.6 Å². The molecule has 0 spiro atoms. The van der Waals surface area contributed by atoms with Gasteiger partial charge in [-0.1, -0.05) is 54.7 Å². The van der Waals surface area contributed by atoms with E-state index < -0.39 is 28.5 Å². The van der Waals surface area contributed by atoms with E-state index in [9.17, 15) is 18.0 Å². The Labute approximate surface area is 218 Å². The molecule has 0 saturated carbocycles. The smallest absolute Gasteiger partial charge is 0.244 e. The number of carbonyl (C=O) groups is 2. The van der Waals surface area contributed by atoms with Crippen molar-refractivity contribution in [2.75, 3.05) is 23.7 Å². The number of rotatable bonds is 11. The van der Waals surface area contributed by atoms with Crippen LogP contribution in [-0.2, 0) is 26.2 Å². The molecule has 192 valence electrons. The van der Waals surface area contributed by atoms with Crippen molar-refractivity contribution >= 4 is 50.7 Å². The first-order valence-corrected chi connectivity index (χ1v) is 14.0. The Balaban J connectivity index is 2.42. The normalized spacial score (nSPS) is 12.2. The minimum atomic E-state index is -3.79. The molecule has 0 aliphatic carbocycles. The highest BCUT2D eigenvalue weighted by Crippen LogP contribution is 2.26. The average molecular weight is 543 g/mol. The molecule has 0 unspecified atom stereocenters. The molecule has 10 heteroatoms. The lowest BCUT2D eigenvalue weighted by Crippen LogP contribution is -2.51. The zero-order chi connectivity index (χ0) is 26.3. The first kappa shape index (κ1) is 28.9. The van der Waals surface area contributed by atoms with Gasteiger partial charge in [-0.15, -0.1) is 0 Å². The highest BCUT2D eigenvalue weighted by Gasteiger charge is 2.30. The van der Waals surface area contributed by atoms with Crippen molar-refractivity contribution in [3.63, 3.8) is 0 Å². The molecule has 7 nitrogen and oxygen atoms in total. The van der Waals surface area contributed by atoms with Crippen molar-refractivity contribution in [3.05, 3.63) is 63.1 Å². The largest absolute Gasteiger partial charge is 0.354 e. The fraction of sp³-hybridized carbons (Fsp3) is 0.440. The van der Waals surface area contributed by atoms with E-state index in [2.05, 4.69) is 5.32 Å². The van der Waals surface area contributed by atoms with Crippen LogP contribution in [0, 0.1) is 13.8 Å². The Hall–Kier alpha value is -2.29. The van der Waals surface area contributed by atoms with Gasteiger partial charge in [-0.3, -0.25) is 13.9 Å². The van der Waals surface area contributed by atoms with E-state index >= 15 is 0 Å². The van der Waals surface area contributed by atoms with Gasteiger partial charge in [-0.25, -0.2) is 8.42 Å². The Morgan fingerprint density at radius 1 is 1.06 bits per heavy atom. The molecule has 2 amide bonds. The number of hydrogen-bond donors (Lipinski definition) is 1. The van der Waals surface area contributed by atoms with Gasteiger partial charge in [0.05, 0.1) is 22.0 Å². The van der Waals surface area contributed by atoms with Crippen molar-refractivity contribution in [2.24, 2.45) is 0 Å². The van der Waals surface area contributed by atoms with E-state index in [4.69, 9.17) is 23.2 Å². The molecule has 0 aliphatic rings. The molecule has 2 rings (SSSR count). The van der Waals surface area contributed by atoms with Crippen LogP contribution in [0.15, 0.2) is 36.4 Å². The number of carbonyl (C=O) groups excluding carboxylic acids is 2. The molecule has 0 heterocycles. The third-order valence-corrected chi connectivity index (χ3v) is 7.51. The molecule has 0 fully saturated rings. The summed E-state index contributed by atoms with van der Waals surface area (Å²) < 4.78 is 26.5. The first-order chi connectivity index (χ1) is 16.3. The van der Waals surface area contributed by atoms with Crippen LogP contribution in [0.1, 0.15) is 43.4 Å². The highest BCUT2D eigenvalue weighted by atomic mass is 35.5. The number of nitrogens with one attached hydrogen (secondary N) is 1. The third-order valence-electron chi connectivity index (χ3n) is 5.65. The molecule has 0 aromatic heterocycles. The van der Waals surface area contributed by atoms with Crippen molar-refractivity contribution < 1.29 is 18.0 Å². The van der Waals surface area contributed by atoms with Gasteiger partial charge < -0.3 is 10.2 Å². The van der Waals surface area contributed by atoms with Crippen molar-refractivity contribution in [1.82, 2.24) is 10.2 Å². The number of nitrogens with zero attached hydrogens (tertiary/aromatic N) is 2. The number of anilines is 1. The monoisotopic (exact) mass is 541 g/mol. The van der Waals surface area contributed by atoms with Crippen LogP contribution in [-0.4, -0.2) is 50.5 Å². The maximum Gasteiger partial charge on any atom is 0.244 e. The average Bonchev–Trinajstić information content (AvgIpc) is 2.78. The second-order valence-corrected chi connectivity index (χ2v) is 11.4. The van der Waals surface area contributed by atoms with E-state index in [1.807, 2.05) is 26.0 Å². The summed E-state index contributed by atoms with van der Waals surface area (Å²) in [6.07, 6.45) is 2.79. The molecular formula is C25H33Cl2N3O4S. The summed E-state index contributed by atoms with van der Waals surface area (Å²) in [5, 5.41) is 3.54. The molecule has 2 aromatic rings. The molecule has 1 N–H and O–H groups in total. The van der Waals surface area contributed by atoms with Crippen LogP contribution >= 0.6 is 23.2 Å². The van der Waals surface area contributed by atoms with E-state index in [-0.39, 0.29) is 12.5 Å². The van der Waals surface area contributed by atoms with Crippen LogP contribution in [0.25, 0.3) is 0 Å². The number of halogens is 2. The van der Waals surface area contributed by atoms with Crippen LogP contribution in [0.3, 0.4) is 0 Å². The lowest BCUT2D eigenvalue weighted by molar-refractivity contribution is -0.139. The quantitative estimate of drug-likeness (QED) is 0.417. The van der Waals surface area contributed by atoms with Crippen LogP contribution in [0.5, 0.6) is 0 Å². The minimum Gasteiger partial charge on any atom is -0.354 e. The van der Waals surface area contributed by atoms with Crippen molar-refractivity contribution in [3.8, 4) is 0 Å². The molecule has 1 atom stereocenters. The molecular weight excluding hydrogens is 509 g/mol. The van der Waals surface area contributed by atoms with Gasteiger partial charge in [0.25, 0.3) is 0 Å². The van der Waals surface area contributed by atoms with E-state index in [1.54, 1.807) is 38.1 Å². The standard InChI is InChI=1S/C25H33Cl2N3O4S/c1-6-7-12-28-25(32)19(4)29(15-20-10-11-21(26)22(27)14-20)24(31)16-30(35(5,33)34)23-13-17(2)8-9-18(23)3/h8-11,13-14,19H,6-7,12,15-16H2,1-5H3,(H,28,32)/t19-/m0/s1. The predicted molar refractivity (Wildman–Crippen MR) is 142 cm³/mol. The summed E-state index contributed by atoms with van der Waals surface area (Å²) in [6.45, 7) is 7.38. The van der Waals surface area contributed by atoms with Crippen molar-refractivity contribution in [2.45, 2.75) is 53.1 Å². The number of unbranched alkanes of at least 4 members (excludes halogenated alkanes) is 1. The maximum absolute atomic E-state index is 13.6. The molecule has 35 heavy (non-hydrogen) atoms. The van der Waals surface area contributed by atoms with Gasteiger partial charge in [-0.05, 0) is 62.1 Å². The van der Waals surface area contributed by atoms with Gasteiger partial charge in [0, 0.05) is 13.1 Å². The summed E-state index contributed by atoms with van der Waals surface area (Å²) in [6, 6.07) is 9.54. The predicted octanol–water partition coefficient (Wildman–Crippen LogP) is 4.71. The Bertz CT molecular complexity index is 1170. The molecule has 2 aromatic carbocycles. The number of amides is 2. The Morgan fingerprint density at radius 2 is 1.74 bits per heavy atom. The van der Waals surface area contributed by atoms with Gasteiger partial charge in [0.15, 0.2) is 0 Å². The topological polar surface area (TPSA) is 86.8 Å². The zero-order valence-electron chi connectivity index (χ0n) is 20.8. The highest BCUT2D eigenvalue weighted by molar-refractivity contribution is 7.92. The lowest BCUT2D eigenvalue weighted by Gasteiger charge is -2.32. The molecule has 0 saturated heterocycles. The van der Waals surface area contributed by atoms with Crippen LogP contribution in [0.4, 0.5) is 5.69 Å². The zero-order valence-corrected chi connectivity index (χ0v) is 23.1. The fourth-order valence-electron chi connectivity index (χ4n) is 3.54. The summed E-state index contributed by atoms with van der Waals surface area (Å²) in [7, 11) is -3.79. The summed E-state index contributed by atoms with van der Waals surface area (Å²) in [5.74, 6) is -0.829. The number of aryl methyl sites for hydroxylation is 2.